The van der Waals surface area contributed by atoms with Crippen LogP contribution in [0.2, 0.25) is 0 Å². The summed E-state index contributed by atoms with van der Waals surface area (Å²) in [6.07, 6.45) is 0. The van der Waals surface area contributed by atoms with Gasteiger partial charge in [-0.15, -0.1) is 0 Å². The van der Waals surface area contributed by atoms with Gasteiger partial charge in [0.15, 0.2) is 5.78 Å². The van der Waals surface area contributed by atoms with Crippen LogP contribution in [-0.2, 0) is 0 Å². The van der Waals surface area contributed by atoms with Crippen LogP contribution < -0.4 is 5.32 Å². The number of rotatable bonds is 4. The molecule has 0 saturated carbocycles. The van der Waals surface area contributed by atoms with E-state index in [0.29, 0.717) is 6.07 Å². The van der Waals surface area contributed by atoms with E-state index in [1.54, 1.807) is 0 Å². The molecule has 0 fully saturated rings. The highest BCUT2D eigenvalue weighted by molar-refractivity contribution is 6.26. The minimum Gasteiger partial charge on any atom is -0.355 e. The maximum atomic E-state index is 12.7. The molecule has 0 spiro atoms. The Labute approximate surface area is 148 Å². The fourth-order valence-electron chi connectivity index (χ4n) is 2.94. The summed E-state index contributed by atoms with van der Waals surface area (Å²) >= 11 is 0. The molecule has 0 saturated heterocycles. The Hall–Kier alpha value is -4.22. The number of nitrogens with zero attached hydrogens (tertiary/aromatic N) is 3. The van der Waals surface area contributed by atoms with Crippen molar-refractivity contribution in [2.45, 2.75) is 0 Å². The summed E-state index contributed by atoms with van der Waals surface area (Å²) in [5.74, 6) is -1.68. The Morgan fingerprint density at radius 3 is 1.85 bits per heavy atom. The lowest BCUT2D eigenvalue weighted by atomic mass is 9.96. The molecule has 1 aliphatic rings. The summed E-state index contributed by atoms with van der Waals surface area (Å²) in [5, 5.41) is 35.9. The van der Waals surface area contributed by atoms with E-state index in [4.69, 9.17) is 0 Å². The van der Waals surface area contributed by atoms with Crippen LogP contribution in [0.3, 0.4) is 0 Å². The fraction of sp³-hybridized carbons (Fsp3) is 0.0667. The van der Waals surface area contributed by atoms with Crippen molar-refractivity contribution in [1.82, 2.24) is 5.32 Å². The van der Waals surface area contributed by atoms with Crippen molar-refractivity contribution in [3.8, 4) is 11.1 Å². The SMILES string of the molecule is CNC(=O)c1cc([N+](=O)[O-])cc2c1-c1c(cc([N+](=O)[O-])cc1[N+](=O)[O-])C2=O. The van der Waals surface area contributed by atoms with Gasteiger partial charge in [-0.2, -0.15) is 0 Å². The van der Waals surface area contributed by atoms with Crippen LogP contribution in [0.1, 0.15) is 26.3 Å². The van der Waals surface area contributed by atoms with E-state index in [0.717, 1.165) is 18.2 Å². The van der Waals surface area contributed by atoms with Crippen molar-refractivity contribution in [2.24, 2.45) is 0 Å². The minimum atomic E-state index is -0.913. The summed E-state index contributed by atoms with van der Waals surface area (Å²) in [6.45, 7) is 0. The summed E-state index contributed by atoms with van der Waals surface area (Å²) in [4.78, 5) is 55.8. The third-order valence-electron chi connectivity index (χ3n) is 4.05. The third kappa shape index (κ3) is 2.55. The predicted octanol–water partition coefficient (Wildman–Crippen LogP) is 1.98. The van der Waals surface area contributed by atoms with E-state index >= 15 is 0 Å². The second-order valence-electron chi connectivity index (χ2n) is 5.48. The normalized spacial score (nSPS) is 11.5. The number of carbonyl (C=O) groups excluding carboxylic acids is 2. The third-order valence-corrected chi connectivity index (χ3v) is 4.05. The molecule has 2 aromatic rings. The van der Waals surface area contributed by atoms with E-state index in [-0.39, 0.29) is 27.8 Å². The summed E-state index contributed by atoms with van der Waals surface area (Å²) in [7, 11) is 1.25. The van der Waals surface area contributed by atoms with Crippen molar-refractivity contribution in [1.29, 1.82) is 0 Å². The predicted molar refractivity (Wildman–Crippen MR) is 88.7 cm³/mol. The second kappa shape index (κ2) is 5.94. The van der Waals surface area contributed by atoms with E-state index in [1.165, 1.54) is 7.05 Å². The molecule has 0 aliphatic heterocycles. The number of ketones is 1. The van der Waals surface area contributed by atoms with Crippen LogP contribution in [-0.4, -0.2) is 33.5 Å². The molecule has 1 amide bonds. The summed E-state index contributed by atoms with van der Waals surface area (Å²) in [5.41, 5.74) is -3.42. The van der Waals surface area contributed by atoms with Gasteiger partial charge >= 0.3 is 0 Å². The Bertz CT molecular complexity index is 1090. The molecule has 12 heteroatoms. The molecule has 0 radical (unpaired) electrons. The highest BCUT2D eigenvalue weighted by Crippen LogP contribution is 2.47. The number of amides is 1. The molecule has 0 unspecified atom stereocenters. The van der Waals surface area contributed by atoms with Gasteiger partial charge < -0.3 is 5.32 Å². The van der Waals surface area contributed by atoms with Crippen molar-refractivity contribution in [2.75, 3.05) is 7.05 Å². The molecule has 27 heavy (non-hydrogen) atoms. The molecule has 1 aliphatic carbocycles. The van der Waals surface area contributed by atoms with E-state index in [1.807, 2.05) is 0 Å². The Kier molecular flexibility index (Phi) is 3.87. The quantitative estimate of drug-likeness (QED) is 0.534. The van der Waals surface area contributed by atoms with Crippen LogP contribution in [0.5, 0.6) is 0 Å². The van der Waals surface area contributed by atoms with Gasteiger partial charge in [0.25, 0.3) is 23.0 Å². The lowest BCUT2D eigenvalue weighted by molar-refractivity contribution is -0.393. The second-order valence-corrected chi connectivity index (χ2v) is 5.48. The lowest BCUT2D eigenvalue weighted by Crippen LogP contribution is -2.19. The molecule has 0 aromatic heterocycles. The zero-order valence-electron chi connectivity index (χ0n) is 13.4. The Morgan fingerprint density at radius 1 is 0.852 bits per heavy atom. The summed E-state index contributed by atoms with van der Waals surface area (Å²) in [6, 6.07) is 3.31. The maximum Gasteiger partial charge on any atom is 0.284 e. The molecule has 2 aromatic carbocycles. The van der Waals surface area contributed by atoms with Crippen LogP contribution in [0.25, 0.3) is 11.1 Å². The molecule has 12 nitrogen and oxygen atoms in total. The Balaban J connectivity index is 2.47. The number of nitrogens with one attached hydrogen (secondary N) is 1. The first kappa shape index (κ1) is 17.6. The highest BCUT2D eigenvalue weighted by atomic mass is 16.6. The molecule has 1 N–H and O–H groups in total. The minimum absolute atomic E-state index is 0.165. The molecule has 0 bridgehead atoms. The number of hydrogen-bond acceptors (Lipinski definition) is 8. The van der Waals surface area contributed by atoms with Gasteiger partial charge in [0.05, 0.1) is 32.0 Å². The molecule has 3 rings (SSSR count). The van der Waals surface area contributed by atoms with Gasteiger partial charge in [0.1, 0.15) is 0 Å². The zero-order valence-corrected chi connectivity index (χ0v) is 13.4. The number of carbonyl (C=O) groups is 2. The van der Waals surface area contributed by atoms with Gasteiger partial charge in [-0.3, -0.25) is 39.9 Å². The smallest absolute Gasteiger partial charge is 0.284 e. The molecule has 136 valence electrons. The van der Waals surface area contributed by atoms with E-state index in [9.17, 15) is 39.9 Å². The van der Waals surface area contributed by atoms with Crippen LogP contribution in [0, 0.1) is 30.3 Å². The average molecular weight is 372 g/mol. The maximum absolute atomic E-state index is 12.7. The van der Waals surface area contributed by atoms with Crippen LogP contribution in [0.4, 0.5) is 17.1 Å². The molecular formula is C15H8N4O8. The van der Waals surface area contributed by atoms with Crippen molar-refractivity contribution >= 4 is 28.8 Å². The molecule has 0 atom stereocenters. The summed E-state index contributed by atoms with van der Waals surface area (Å²) < 4.78 is 0. The standard InChI is InChI=1S/C15H8N4O8/c1-16-15(21)10-4-6(17(22)23)2-8-12(10)13-9(14(8)20)3-7(18(24)25)5-11(13)19(26)27/h2-5H,1H3,(H,16,21). The topological polar surface area (TPSA) is 176 Å². The van der Waals surface area contributed by atoms with Crippen molar-refractivity contribution in [3.63, 3.8) is 0 Å². The number of fused-ring (bicyclic) bond motifs is 3. The number of hydrogen-bond donors (Lipinski definition) is 1. The number of nitro groups is 3. The van der Waals surface area contributed by atoms with Crippen LogP contribution >= 0.6 is 0 Å². The number of non-ortho nitro benzene ring substituents is 2. The van der Waals surface area contributed by atoms with E-state index < -0.39 is 43.5 Å². The van der Waals surface area contributed by atoms with Gasteiger partial charge in [0, 0.05) is 41.9 Å². The lowest BCUT2D eigenvalue weighted by Gasteiger charge is -2.08. The molecular weight excluding hydrogens is 364 g/mol. The van der Waals surface area contributed by atoms with Gasteiger partial charge in [-0.1, -0.05) is 0 Å². The van der Waals surface area contributed by atoms with Crippen LogP contribution in [0.15, 0.2) is 24.3 Å². The van der Waals surface area contributed by atoms with Gasteiger partial charge in [0.2, 0.25) is 0 Å². The van der Waals surface area contributed by atoms with Gasteiger partial charge in [-0.05, 0) is 0 Å². The number of benzene rings is 2. The average Bonchev–Trinajstić information content (AvgIpc) is 2.92. The Morgan fingerprint density at radius 2 is 1.37 bits per heavy atom. The number of nitro benzene ring substituents is 3. The largest absolute Gasteiger partial charge is 0.355 e. The monoisotopic (exact) mass is 372 g/mol. The first-order valence-electron chi connectivity index (χ1n) is 7.23. The van der Waals surface area contributed by atoms with Crippen molar-refractivity contribution in [3.05, 3.63) is 71.3 Å². The zero-order chi connectivity index (χ0) is 20.0. The van der Waals surface area contributed by atoms with E-state index in [2.05, 4.69) is 5.32 Å². The fourth-order valence-corrected chi connectivity index (χ4v) is 2.94. The first-order valence-corrected chi connectivity index (χ1v) is 7.23. The van der Waals surface area contributed by atoms with Crippen molar-refractivity contribution < 1.29 is 24.4 Å². The highest BCUT2D eigenvalue weighted by Gasteiger charge is 2.40. The first-order chi connectivity index (χ1) is 12.7. The van der Waals surface area contributed by atoms with Gasteiger partial charge in [-0.25, -0.2) is 0 Å². The molecule has 0 heterocycles.